The van der Waals surface area contributed by atoms with Gasteiger partial charge in [0.1, 0.15) is 11.5 Å². The molecule has 5 nitrogen and oxygen atoms in total. The Morgan fingerprint density at radius 3 is 2.48 bits per heavy atom. The summed E-state index contributed by atoms with van der Waals surface area (Å²) < 4.78 is 10.9. The zero-order valence-electron chi connectivity index (χ0n) is 14.6. The number of ether oxygens (including phenoxy) is 1. The number of benzene rings is 1. The van der Waals surface area contributed by atoms with Gasteiger partial charge in [0.2, 0.25) is 0 Å². The Labute approximate surface area is 137 Å². The highest BCUT2D eigenvalue weighted by Crippen LogP contribution is 2.24. The number of anilines is 1. The summed E-state index contributed by atoms with van der Waals surface area (Å²) in [5.41, 5.74) is 2.16. The molecule has 0 saturated heterocycles. The van der Waals surface area contributed by atoms with Gasteiger partial charge in [0.15, 0.2) is 11.9 Å². The van der Waals surface area contributed by atoms with Crippen molar-refractivity contribution < 1.29 is 14.1 Å². The topological polar surface area (TPSA) is 64.4 Å². The molecule has 1 heterocycles. The third-order valence-corrected chi connectivity index (χ3v) is 3.66. The van der Waals surface area contributed by atoms with Crippen LogP contribution in [0.4, 0.5) is 5.82 Å². The fourth-order valence-corrected chi connectivity index (χ4v) is 1.96. The number of amides is 1. The molecule has 124 valence electrons. The Bertz CT molecular complexity index is 699. The van der Waals surface area contributed by atoms with Crippen LogP contribution in [0.1, 0.15) is 44.6 Å². The first-order chi connectivity index (χ1) is 10.7. The van der Waals surface area contributed by atoms with E-state index in [9.17, 15) is 4.79 Å². The lowest BCUT2D eigenvalue weighted by molar-refractivity contribution is -0.122. The molecule has 0 unspecified atom stereocenters. The lowest BCUT2D eigenvalue weighted by atomic mass is 9.93. The SMILES string of the molecule is Cc1ccc(O[C@H](C)C(=O)Nc2cc(C(C)(C)C)on2)cc1C. The van der Waals surface area contributed by atoms with E-state index in [1.54, 1.807) is 13.0 Å². The van der Waals surface area contributed by atoms with Crippen LogP contribution in [0, 0.1) is 13.8 Å². The Morgan fingerprint density at radius 1 is 1.22 bits per heavy atom. The summed E-state index contributed by atoms with van der Waals surface area (Å²) in [6, 6.07) is 7.50. The normalized spacial score (nSPS) is 12.8. The van der Waals surface area contributed by atoms with E-state index in [0.29, 0.717) is 11.6 Å². The lowest BCUT2D eigenvalue weighted by Crippen LogP contribution is -2.30. The van der Waals surface area contributed by atoms with E-state index in [0.717, 1.165) is 11.3 Å². The average Bonchev–Trinajstić information content (AvgIpc) is 2.91. The number of nitrogens with one attached hydrogen (secondary N) is 1. The predicted molar refractivity (Wildman–Crippen MR) is 89.8 cm³/mol. The van der Waals surface area contributed by atoms with E-state index in [1.807, 2.05) is 52.8 Å². The van der Waals surface area contributed by atoms with Crippen molar-refractivity contribution in [2.45, 2.75) is 53.1 Å². The maximum Gasteiger partial charge on any atom is 0.266 e. The van der Waals surface area contributed by atoms with E-state index in [-0.39, 0.29) is 11.3 Å². The van der Waals surface area contributed by atoms with Crippen LogP contribution in [0.15, 0.2) is 28.8 Å². The average molecular weight is 316 g/mol. The Morgan fingerprint density at radius 2 is 1.91 bits per heavy atom. The fraction of sp³-hybridized carbons (Fsp3) is 0.444. The lowest BCUT2D eigenvalue weighted by Gasteiger charge is -2.14. The molecular formula is C18H24N2O3. The molecule has 1 N–H and O–H groups in total. The van der Waals surface area contributed by atoms with Gasteiger partial charge in [-0.25, -0.2) is 0 Å². The molecule has 1 amide bonds. The number of hydrogen-bond donors (Lipinski definition) is 1. The summed E-state index contributed by atoms with van der Waals surface area (Å²) in [5, 5.41) is 6.59. The van der Waals surface area contributed by atoms with Crippen LogP contribution in [0.5, 0.6) is 5.75 Å². The van der Waals surface area contributed by atoms with Crippen molar-refractivity contribution in [2.24, 2.45) is 0 Å². The zero-order chi connectivity index (χ0) is 17.2. The zero-order valence-corrected chi connectivity index (χ0v) is 14.6. The van der Waals surface area contributed by atoms with Crippen molar-refractivity contribution in [3.05, 3.63) is 41.2 Å². The number of aryl methyl sites for hydroxylation is 2. The highest BCUT2D eigenvalue weighted by molar-refractivity contribution is 5.93. The number of aromatic nitrogens is 1. The second-order valence-corrected chi connectivity index (χ2v) is 6.82. The second-order valence-electron chi connectivity index (χ2n) is 6.82. The molecule has 1 aromatic carbocycles. The van der Waals surface area contributed by atoms with Gasteiger partial charge in [-0.3, -0.25) is 4.79 Å². The van der Waals surface area contributed by atoms with Gasteiger partial charge in [-0.2, -0.15) is 0 Å². The van der Waals surface area contributed by atoms with Crippen molar-refractivity contribution in [1.82, 2.24) is 5.16 Å². The summed E-state index contributed by atoms with van der Waals surface area (Å²) >= 11 is 0. The quantitative estimate of drug-likeness (QED) is 0.926. The van der Waals surface area contributed by atoms with E-state index >= 15 is 0 Å². The van der Waals surface area contributed by atoms with E-state index in [4.69, 9.17) is 9.26 Å². The molecule has 1 aromatic heterocycles. The predicted octanol–water partition coefficient (Wildman–Crippen LogP) is 3.99. The van der Waals surface area contributed by atoms with E-state index in [2.05, 4.69) is 10.5 Å². The summed E-state index contributed by atoms with van der Waals surface area (Å²) in [6.07, 6.45) is -0.633. The Balaban J connectivity index is 1.99. The Hall–Kier alpha value is -2.30. The third kappa shape index (κ3) is 4.34. The molecule has 23 heavy (non-hydrogen) atoms. The fourth-order valence-electron chi connectivity index (χ4n) is 1.96. The molecule has 5 heteroatoms. The van der Waals surface area contributed by atoms with Crippen LogP contribution in [0.2, 0.25) is 0 Å². The highest BCUT2D eigenvalue weighted by atomic mass is 16.5. The molecule has 0 aliphatic carbocycles. The van der Waals surface area contributed by atoms with Crippen LogP contribution in [-0.2, 0) is 10.2 Å². The van der Waals surface area contributed by atoms with Gasteiger partial charge in [0.05, 0.1) is 0 Å². The van der Waals surface area contributed by atoms with Crippen molar-refractivity contribution in [2.75, 3.05) is 5.32 Å². The molecule has 0 radical (unpaired) electrons. The molecule has 1 atom stereocenters. The maximum absolute atomic E-state index is 12.2. The number of nitrogens with zero attached hydrogens (tertiary/aromatic N) is 1. The van der Waals surface area contributed by atoms with Gasteiger partial charge in [0, 0.05) is 11.5 Å². The standard InChI is InChI=1S/C18H24N2O3/c1-11-7-8-14(9-12(11)2)22-13(3)17(21)19-16-10-15(23-20-16)18(4,5)6/h7-10,13H,1-6H3,(H,19,20,21)/t13-/m1/s1. The smallest absolute Gasteiger partial charge is 0.266 e. The van der Waals surface area contributed by atoms with Crippen molar-refractivity contribution >= 4 is 11.7 Å². The largest absolute Gasteiger partial charge is 0.481 e. The molecular weight excluding hydrogens is 292 g/mol. The highest BCUT2D eigenvalue weighted by Gasteiger charge is 2.22. The minimum absolute atomic E-state index is 0.155. The molecule has 2 rings (SSSR count). The molecule has 0 bridgehead atoms. The number of hydrogen-bond acceptors (Lipinski definition) is 4. The van der Waals surface area contributed by atoms with Crippen molar-refractivity contribution in [3.8, 4) is 5.75 Å². The summed E-state index contributed by atoms with van der Waals surface area (Å²) in [5.74, 6) is 1.52. The summed E-state index contributed by atoms with van der Waals surface area (Å²) in [7, 11) is 0. The maximum atomic E-state index is 12.2. The number of carbonyl (C=O) groups is 1. The summed E-state index contributed by atoms with van der Waals surface area (Å²) in [6.45, 7) is 11.8. The Kier molecular flexibility index (Phi) is 4.78. The van der Waals surface area contributed by atoms with Crippen LogP contribution >= 0.6 is 0 Å². The number of carbonyl (C=O) groups excluding carboxylic acids is 1. The first-order valence-electron chi connectivity index (χ1n) is 7.69. The molecule has 0 fully saturated rings. The van der Waals surface area contributed by atoms with E-state index in [1.165, 1.54) is 5.56 Å². The second kappa shape index (κ2) is 6.44. The van der Waals surface area contributed by atoms with Gasteiger partial charge in [-0.15, -0.1) is 0 Å². The van der Waals surface area contributed by atoms with Crippen molar-refractivity contribution in [1.29, 1.82) is 0 Å². The van der Waals surface area contributed by atoms with Gasteiger partial charge in [0.25, 0.3) is 5.91 Å². The molecule has 0 aliphatic rings. The minimum Gasteiger partial charge on any atom is -0.481 e. The van der Waals surface area contributed by atoms with E-state index < -0.39 is 6.10 Å². The monoisotopic (exact) mass is 316 g/mol. The third-order valence-electron chi connectivity index (χ3n) is 3.66. The van der Waals surface area contributed by atoms with Gasteiger partial charge in [-0.05, 0) is 44.0 Å². The minimum atomic E-state index is -0.633. The first-order valence-corrected chi connectivity index (χ1v) is 7.69. The first kappa shape index (κ1) is 17.1. The van der Waals surface area contributed by atoms with Crippen LogP contribution in [0.25, 0.3) is 0 Å². The summed E-state index contributed by atoms with van der Waals surface area (Å²) in [4.78, 5) is 12.2. The number of rotatable bonds is 4. The van der Waals surface area contributed by atoms with Crippen LogP contribution in [0.3, 0.4) is 0 Å². The molecule has 0 saturated carbocycles. The van der Waals surface area contributed by atoms with Gasteiger partial charge >= 0.3 is 0 Å². The van der Waals surface area contributed by atoms with Crippen LogP contribution < -0.4 is 10.1 Å². The molecule has 0 spiro atoms. The molecule has 0 aliphatic heterocycles. The molecule has 2 aromatic rings. The van der Waals surface area contributed by atoms with Gasteiger partial charge < -0.3 is 14.6 Å². The van der Waals surface area contributed by atoms with Crippen molar-refractivity contribution in [3.63, 3.8) is 0 Å². The van der Waals surface area contributed by atoms with Crippen LogP contribution in [-0.4, -0.2) is 17.2 Å². The van der Waals surface area contributed by atoms with Gasteiger partial charge in [-0.1, -0.05) is 32.0 Å².